The summed E-state index contributed by atoms with van der Waals surface area (Å²) >= 11 is 0. The van der Waals surface area contributed by atoms with Crippen LogP contribution in [0.4, 0.5) is 17.8 Å². The van der Waals surface area contributed by atoms with Gasteiger partial charge in [-0.15, -0.1) is 6.42 Å². The SMILES string of the molecule is C#CCNc1nc(NCCC)nc(N(C)OC)n1.O=C(O)/C=C/C(=O)O. The molecule has 0 aliphatic heterocycles. The van der Waals surface area contributed by atoms with Crippen molar-refractivity contribution in [2.75, 3.05) is 42.9 Å². The van der Waals surface area contributed by atoms with Crippen molar-refractivity contribution in [2.45, 2.75) is 13.3 Å². The first-order valence-corrected chi connectivity index (χ1v) is 7.43. The number of hydroxylamine groups is 1. The number of terminal acetylenes is 1. The molecule has 0 atom stereocenters. The number of carboxylic acids is 2. The maximum Gasteiger partial charge on any atom is 0.328 e. The molecule has 1 heterocycles. The Balaban J connectivity index is 0.000000660. The number of rotatable bonds is 9. The number of anilines is 3. The molecule has 0 spiro atoms. The molecule has 0 aliphatic carbocycles. The summed E-state index contributed by atoms with van der Waals surface area (Å²) in [5.74, 6) is 1.27. The first kappa shape index (κ1) is 22.6. The van der Waals surface area contributed by atoms with Crippen LogP contribution in [0, 0.1) is 12.3 Å². The predicted octanol–water partition coefficient (Wildman–Crippen LogP) is 0.448. The van der Waals surface area contributed by atoms with Crippen molar-refractivity contribution in [1.29, 1.82) is 0 Å². The van der Waals surface area contributed by atoms with Crippen molar-refractivity contribution in [3.8, 4) is 12.3 Å². The Labute approximate surface area is 151 Å². The molecule has 1 rings (SSSR count). The van der Waals surface area contributed by atoms with Gasteiger partial charge in [-0.2, -0.15) is 15.0 Å². The van der Waals surface area contributed by atoms with Crippen molar-refractivity contribution in [3.63, 3.8) is 0 Å². The molecule has 0 unspecified atom stereocenters. The van der Waals surface area contributed by atoms with E-state index in [0.29, 0.717) is 36.5 Å². The first-order valence-electron chi connectivity index (χ1n) is 7.43. The third-order valence-corrected chi connectivity index (χ3v) is 2.43. The summed E-state index contributed by atoms with van der Waals surface area (Å²) in [6, 6.07) is 0. The second kappa shape index (κ2) is 13.0. The van der Waals surface area contributed by atoms with Gasteiger partial charge in [0.2, 0.25) is 11.9 Å². The van der Waals surface area contributed by atoms with Gasteiger partial charge in [0.1, 0.15) is 0 Å². The normalized spacial score (nSPS) is 9.62. The minimum absolute atomic E-state index is 0.355. The zero-order valence-electron chi connectivity index (χ0n) is 14.8. The van der Waals surface area contributed by atoms with E-state index in [2.05, 4.69) is 38.4 Å². The van der Waals surface area contributed by atoms with Gasteiger partial charge in [-0.1, -0.05) is 12.8 Å². The van der Waals surface area contributed by atoms with Gasteiger partial charge in [0, 0.05) is 25.7 Å². The molecule has 0 radical (unpaired) electrons. The number of carboxylic acid groups (broad SMARTS) is 2. The summed E-state index contributed by atoms with van der Waals surface area (Å²) < 4.78 is 0. The van der Waals surface area contributed by atoms with E-state index in [1.165, 1.54) is 12.2 Å². The van der Waals surface area contributed by atoms with E-state index >= 15 is 0 Å². The summed E-state index contributed by atoms with van der Waals surface area (Å²) in [6.07, 6.45) is 7.28. The van der Waals surface area contributed by atoms with Crippen LogP contribution in [0.5, 0.6) is 0 Å². The highest BCUT2D eigenvalue weighted by Crippen LogP contribution is 2.12. The van der Waals surface area contributed by atoms with E-state index in [9.17, 15) is 9.59 Å². The van der Waals surface area contributed by atoms with E-state index in [-0.39, 0.29) is 0 Å². The van der Waals surface area contributed by atoms with Crippen molar-refractivity contribution in [2.24, 2.45) is 0 Å². The number of hydrogen-bond donors (Lipinski definition) is 4. The maximum absolute atomic E-state index is 9.55. The number of aliphatic carboxylic acids is 2. The van der Waals surface area contributed by atoms with Crippen LogP contribution >= 0.6 is 0 Å². The van der Waals surface area contributed by atoms with Gasteiger partial charge < -0.3 is 20.8 Å². The molecule has 142 valence electrons. The summed E-state index contributed by atoms with van der Waals surface area (Å²) in [5.41, 5.74) is 0. The second-order valence-corrected chi connectivity index (χ2v) is 4.46. The summed E-state index contributed by atoms with van der Waals surface area (Å²) in [7, 11) is 3.25. The van der Waals surface area contributed by atoms with E-state index < -0.39 is 11.9 Å². The molecular weight excluding hydrogens is 344 g/mol. The third-order valence-electron chi connectivity index (χ3n) is 2.43. The number of aromatic nitrogens is 3. The number of carbonyl (C=O) groups is 2. The topological polar surface area (TPSA) is 150 Å². The zero-order valence-corrected chi connectivity index (χ0v) is 14.8. The van der Waals surface area contributed by atoms with Gasteiger partial charge in [-0.05, 0) is 6.42 Å². The van der Waals surface area contributed by atoms with Crippen LogP contribution in [0.2, 0.25) is 0 Å². The van der Waals surface area contributed by atoms with Gasteiger partial charge >= 0.3 is 11.9 Å². The predicted molar refractivity (Wildman–Crippen MR) is 95.8 cm³/mol. The number of nitrogens with zero attached hydrogens (tertiary/aromatic N) is 4. The quantitative estimate of drug-likeness (QED) is 0.274. The number of hydrogen-bond acceptors (Lipinski definition) is 9. The molecule has 0 amide bonds. The monoisotopic (exact) mass is 366 g/mol. The van der Waals surface area contributed by atoms with E-state index in [4.69, 9.17) is 21.5 Å². The lowest BCUT2D eigenvalue weighted by atomic mass is 10.5. The Kier molecular flexibility index (Phi) is 11.3. The summed E-state index contributed by atoms with van der Waals surface area (Å²) in [6.45, 7) is 3.20. The summed E-state index contributed by atoms with van der Waals surface area (Å²) in [5, 5.41) is 23.1. The fourth-order valence-electron chi connectivity index (χ4n) is 1.25. The van der Waals surface area contributed by atoms with E-state index in [1.807, 2.05) is 0 Å². The van der Waals surface area contributed by atoms with Crippen LogP contribution in [0.25, 0.3) is 0 Å². The van der Waals surface area contributed by atoms with E-state index in [1.54, 1.807) is 7.05 Å². The fourth-order valence-corrected chi connectivity index (χ4v) is 1.25. The second-order valence-electron chi connectivity index (χ2n) is 4.46. The van der Waals surface area contributed by atoms with E-state index in [0.717, 1.165) is 13.0 Å². The smallest absolute Gasteiger partial charge is 0.328 e. The molecule has 11 nitrogen and oxygen atoms in total. The molecule has 0 saturated carbocycles. The molecule has 1 aromatic rings. The average molecular weight is 366 g/mol. The zero-order chi connectivity index (χ0) is 19.9. The van der Waals surface area contributed by atoms with Crippen molar-refractivity contribution < 1.29 is 24.6 Å². The molecule has 0 saturated heterocycles. The summed E-state index contributed by atoms with van der Waals surface area (Å²) in [4.78, 5) is 36.8. The van der Waals surface area contributed by atoms with Gasteiger partial charge in [-0.3, -0.25) is 4.84 Å². The third kappa shape index (κ3) is 10.4. The van der Waals surface area contributed by atoms with Crippen LogP contribution in [-0.4, -0.2) is 64.4 Å². The van der Waals surface area contributed by atoms with Crippen LogP contribution in [0.1, 0.15) is 13.3 Å². The lowest BCUT2D eigenvalue weighted by Crippen LogP contribution is -2.20. The highest BCUT2D eigenvalue weighted by Gasteiger charge is 2.09. The van der Waals surface area contributed by atoms with Crippen LogP contribution in [-0.2, 0) is 14.4 Å². The Morgan fingerprint density at radius 3 is 2.15 bits per heavy atom. The minimum Gasteiger partial charge on any atom is -0.478 e. The van der Waals surface area contributed by atoms with Crippen LogP contribution in [0.15, 0.2) is 12.2 Å². The van der Waals surface area contributed by atoms with Gasteiger partial charge in [-0.25, -0.2) is 14.7 Å². The maximum atomic E-state index is 9.55. The fraction of sp³-hybridized carbons (Fsp3) is 0.400. The lowest BCUT2D eigenvalue weighted by molar-refractivity contribution is -0.134. The molecule has 0 fully saturated rings. The highest BCUT2D eigenvalue weighted by atomic mass is 16.7. The van der Waals surface area contributed by atoms with Crippen molar-refractivity contribution in [3.05, 3.63) is 12.2 Å². The average Bonchev–Trinajstić information content (AvgIpc) is 2.62. The largest absolute Gasteiger partial charge is 0.478 e. The minimum atomic E-state index is -1.26. The highest BCUT2D eigenvalue weighted by molar-refractivity contribution is 5.89. The molecule has 0 aliphatic rings. The molecule has 1 aromatic heterocycles. The molecule has 11 heteroatoms. The van der Waals surface area contributed by atoms with Crippen LogP contribution < -0.4 is 15.7 Å². The Hall–Kier alpha value is -3.39. The first-order chi connectivity index (χ1) is 12.3. The Bertz CT molecular complexity index is 642. The van der Waals surface area contributed by atoms with Gasteiger partial charge in [0.05, 0.1) is 13.7 Å². The Morgan fingerprint density at radius 2 is 1.73 bits per heavy atom. The Morgan fingerprint density at radius 1 is 1.19 bits per heavy atom. The lowest BCUT2D eigenvalue weighted by Gasteiger charge is -2.15. The molecule has 0 bridgehead atoms. The molecular formula is C15H22N6O5. The number of nitrogens with one attached hydrogen (secondary N) is 2. The van der Waals surface area contributed by atoms with Crippen molar-refractivity contribution >= 4 is 29.8 Å². The molecule has 4 N–H and O–H groups in total. The van der Waals surface area contributed by atoms with Crippen molar-refractivity contribution in [1.82, 2.24) is 15.0 Å². The van der Waals surface area contributed by atoms with Gasteiger partial charge in [0.15, 0.2) is 0 Å². The standard InChI is InChI=1S/C11H18N6O.C4H4O4/c1-5-7-12-9-14-10(13-8-6-2)16-11(15-9)17(3)18-4;5-3(6)1-2-4(7)8/h1H,6-8H2,2-4H3,(H2,12,13,14,15,16);1-2H,(H,5,6)(H,7,8)/b;2-1+. The molecule has 0 aromatic carbocycles. The molecule has 26 heavy (non-hydrogen) atoms. The van der Waals surface area contributed by atoms with Gasteiger partial charge in [0.25, 0.3) is 5.95 Å². The van der Waals surface area contributed by atoms with Crippen LogP contribution in [0.3, 0.4) is 0 Å².